The molecule has 1 unspecified atom stereocenters. The molecule has 1 atom stereocenters. The molecule has 0 aliphatic carbocycles. The Morgan fingerprint density at radius 1 is 1.12 bits per heavy atom. The number of amides is 1. The Morgan fingerprint density at radius 2 is 1.81 bits per heavy atom. The van der Waals surface area contributed by atoms with E-state index in [1.54, 1.807) is 13.2 Å². The molecule has 1 amide bonds. The molecule has 0 radical (unpaired) electrons. The van der Waals surface area contributed by atoms with Crippen molar-refractivity contribution in [3.8, 4) is 0 Å². The van der Waals surface area contributed by atoms with Crippen molar-refractivity contribution in [2.24, 2.45) is 0 Å². The number of carbonyl (C=O) groups is 2. The molecule has 5 nitrogen and oxygen atoms in total. The molecule has 26 heavy (non-hydrogen) atoms. The van der Waals surface area contributed by atoms with E-state index in [9.17, 15) is 14.7 Å². The minimum atomic E-state index is -1.63. The molecule has 2 aromatic rings. The summed E-state index contributed by atoms with van der Waals surface area (Å²) in [6.07, 6.45) is 0.0434. The molecule has 0 aliphatic rings. The van der Waals surface area contributed by atoms with Crippen molar-refractivity contribution >= 4 is 35.1 Å². The molecule has 138 valence electrons. The van der Waals surface area contributed by atoms with Crippen LogP contribution in [0.4, 0.5) is 0 Å². The molecule has 0 bridgehead atoms. The number of benzene rings is 2. The van der Waals surface area contributed by atoms with Gasteiger partial charge in [0.1, 0.15) is 0 Å². The highest BCUT2D eigenvalue weighted by Gasteiger charge is 2.37. The van der Waals surface area contributed by atoms with Gasteiger partial charge in [0.2, 0.25) is 5.91 Å². The zero-order valence-corrected chi connectivity index (χ0v) is 15.9. The summed E-state index contributed by atoms with van der Waals surface area (Å²) in [7, 11) is 1.59. The number of hydrogen-bond acceptors (Lipinski definition) is 3. The van der Waals surface area contributed by atoms with E-state index in [1.807, 2.05) is 18.2 Å². The van der Waals surface area contributed by atoms with Crippen molar-refractivity contribution in [2.45, 2.75) is 25.5 Å². The summed E-state index contributed by atoms with van der Waals surface area (Å²) < 4.78 is 5.08. The summed E-state index contributed by atoms with van der Waals surface area (Å²) in [5.74, 6) is -1.62. The number of aliphatic carboxylic acids is 1. The minimum absolute atomic E-state index is 0.0434. The molecule has 7 heteroatoms. The fourth-order valence-corrected chi connectivity index (χ4v) is 2.86. The summed E-state index contributed by atoms with van der Waals surface area (Å²) in [5, 5.41) is 12.8. The Hall–Kier alpha value is -2.08. The van der Waals surface area contributed by atoms with E-state index in [1.165, 1.54) is 25.1 Å². The van der Waals surface area contributed by atoms with Crippen molar-refractivity contribution in [1.82, 2.24) is 5.32 Å². The first-order valence-electron chi connectivity index (χ1n) is 7.83. The number of nitrogens with one attached hydrogen (secondary N) is 1. The lowest BCUT2D eigenvalue weighted by Crippen LogP contribution is -2.50. The first-order chi connectivity index (χ1) is 12.3. The van der Waals surface area contributed by atoms with Crippen LogP contribution in [-0.2, 0) is 32.9 Å². The highest BCUT2D eigenvalue weighted by molar-refractivity contribution is 6.42. The average molecular weight is 396 g/mol. The van der Waals surface area contributed by atoms with Crippen LogP contribution in [0.1, 0.15) is 23.6 Å². The Bertz CT molecular complexity index is 825. The van der Waals surface area contributed by atoms with Crippen LogP contribution in [0.3, 0.4) is 0 Å². The second-order valence-corrected chi connectivity index (χ2v) is 6.85. The number of carboxylic acid groups (broad SMARTS) is 1. The summed E-state index contributed by atoms with van der Waals surface area (Å²) in [5.41, 5.74) is 0.401. The first kappa shape index (κ1) is 20.2. The van der Waals surface area contributed by atoms with Crippen LogP contribution >= 0.6 is 23.2 Å². The molecule has 0 heterocycles. The SMILES string of the molecule is COCc1cccc(CC(=O)NC(C)(C(=O)O)c2ccc(Cl)c(Cl)c2)c1. The second kappa shape index (κ2) is 8.54. The van der Waals surface area contributed by atoms with Gasteiger partial charge in [-0.15, -0.1) is 0 Å². The van der Waals surface area contributed by atoms with Crippen LogP contribution in [-0.4, -0.2) is 24.1 Å². The van der Waals surface area contributed by atoms with Crippen LogP contribution in [0, 0.1) is 0 Å². The van der Waals surface area contributed by atoms with Gasteiger partial charge in [-0.25, -0.2) is 4.79 Å². The van der Waals surface area contributed by atoms with Gasteiger partial charge in [-0.2, -0.15) is 0 Å². The van der Waals surface area contributed by atoms with Gasteiger partial charge in [0.25, 0.3) is 0 Å². The zero-order valence-electron chi connectivity index (χ0n) is 14.4. The minimum Gasteiger partial charge on any atom is -0.479 e. The van der Waals surface area contributed by atoms with Crippen molar-refractivity contribution in [3.05, 3.63) is 69.2 Å². The standard InChI is InChI=1S/C19H19Cl2NO4/c1-19(18(24)25,14-6-7-15(20)16(21)10-14)22-17(23)9-12-4-3-5-13(8-12)11-26-2/h3-8,10H,9,11H2,1-2H3,(H,22,23)(H,24,25). The maximum atomic E-state index is 12.5. The molecule has 2 N–H and O–H groups in total. The zero-order chi connectivity index (χ0) is 19.3. The largest absolute Gasteiger partial charge is 0.479 e. The van der Waals surface area contributed by atoms with E-state index >= 15 is 0 Å². The van der Waals surface area contributed by atoms with E-state index in [0.29, 0.717) is 17.2 Å². The van der Waals surface area contributed by atoms with Crippen LogP contribution in [0.2, 0.25) is 10.0 Å². The lowest BCUT2D eigenvalue weighted by atomic mass is 9.91. The third kappa shape index (κ3) is 4.75. The first-order valence-corrected chi connectivity index (χ1v) is 8.58. The molecule has 0 spiro atoms. The van der Waals surface area contributed by atoms with Gasteiger partial charge in [-0.1, -0.05) is 53.5 Å². The molecule has 2 rings (SSSR count). The maximum absolute atomic E-state index is 12.5. The van der Waals surface area contributed by atoms with Gasteiger partial charge in [-0.3, -0.25) is 4.79 Å². The quantitative estimate of drug-likeness (QED) is 0.747. The van der Waals surface area contributed by atoms with Crippen LogP contribution in [0.5, 0.6) is 0 Å². The normalized spacial score (nSPS) is 13.1. The van der Waals surface area contributed by atoms with Crippen molar-refractivity contribution in [1.29, 1.82) is 0 Å². The molecule has 0 saturated heterocycles. The number of halogens is 2. The average Bonchev–Trinajstić information content (AvgIpc) is 2.57. The van der Waals surface area contributed by atoms with Crippen molar-refractivity contribution < 1.29 is 19.4 Å². The number of hydrogen-bond donors (Lipinski definition) is 2. The van der Waals surface area contributed by atoms with E-state index in [4.69, 9.17) is 27.9 Å². The van der Waals surface area contributed by atoms with Crippen LogP contribution in [0.25, 0.3) is 0 Å². The van der Waals surface area contributed by atoms with Crippen molar-refractivity contribution in [2.75, 3.05) is 7.11 Å². The lowest BCUT2D eigenvalue weighted by molar-refractivity contribution is -0.147. The van der Waals surface area contributed by atoms with E-state index in [2.05, 4.69) is 5.32 Å². The third-order valence-electron chi connectivity index (χ3n) is 3.98. The number of rotatable bonds is 7. The van der Waals surface area contributed by atoms with Gasteiger partial charge in [0.05, 0.1) is 23.1 Å². The summed E-state index contributed by atoms with van der Waals surface area (Å²) in [6.45, 7) is 1.85. The van der Waals surface area contributed by atoms with Crippen molar-refractivity contribution in [3.63, 3.8) is 0 Å². The van der Waals surface area contributed by atoms with Gasteiger partial charge in [-0.05, 0) is 35.7 Å². The molecule has 2 aromatic carbocycles. The molecular formula is C19H19Cl2NO4. The summed E-state index contributed by atoms with van der Waals surface area (Å²) >= 11 is 11.9. The van der Waals surface area contributed by atoms with Gasteiger partial charge >= 0.3 is 5.97 Å². The topological polar surface area (TPSA) is 75.6 Å². The number of carbonyl (C=O) groups excluding carboxylic acids is 1. The predicted molar refractivity (Wildman–Crippen MR) is 100 cm³/mol. The molecular weight excluding hydrogens is 377 g/mol. The van der Waals surface area contributed by atoms with E-state index in [0.717, 1.165) is 11.1 Å². The monoisotopic (exact) mass is 395 g/mol. The number of ether oxygens (including phenoxy) is 1. The predicted octanol–water partition coefficient (Wildman–Crippen LogP) is 3.80. The summed E-state index contributed by atoms with van der Waals surface area (Å²) in [6, 6.07) is 11.8. The number of carboxylic acids is 1. The van der Waals surface area contributed by atoms with E-state index < -0.39 is 17.4 Å². The molecule has 0 aromatic heterocycles. The molecule has 0 saturated carbocycles. The highest BCUT2D eigenvalue weighted by atomic mass is 35.5. The van der Waals surface area contributed by atoms with Gasteiger partial charge in [0.15, 0.2) is 5.54 Å². The van der Waals surface area contributed by atoms with Crippen LogP contribution < -0.4 is 5.32 Å². The lowest BCUT2D eigenvalue weighted by Gasteiger charge is -2.27. The fourth-order valence-electron chi connectivity index (χ4n) is 2.56. The third-order valence-corrected chi connectivity index (χ3v) is 4.72. The van der Waals surface area contributed by atoms with Gasteiger partial charge in [0, 0.05) is 7.11 Å². The van der Waals surface area contributed by atoms with Crippen LogP contribution in [0.15, 0.2) is 42.5 Å². The fraction of sp³-hybridized carbons (Fsp3) is 0.263. The Balaban J connectivity index is 2.21. The highest BCUT2D eigenvalue weighted by Crippen LogP contribution is 2.29. The number of methoxy groups -OCH3 is 1. The molecule has 0 fully saturated rings. The molecule has 0 aliphatic heterocycles. The smallest absolute Gasteiger partial charge is 0.333 e. The maximum Gasteiger partial charge on any atom is 0.333 e. The Labute approximate surface area is 161 Å². The van der Waals surface area contributed by atoms with Gasteiger partial charge < -0.3 is 15.2 Å². The Kier molecular flexibility index (Phi) is 6.64. The second-order valence-electron chi connectivity index (χ2n) is 6.04. The Morgan fingerprint density at radius 3 is 2.42 bits per heavy atom. The van der Waals surface area contributed by atoms with E-state index in [-0.39, 0.29) is 11.4 Å². The summed E-state index contributed by atoms with van der Waals surface area (Å²) in [4.78, 5) is 24.3.